The molecule has 1 heterocycles. The summed E-state index contributed by atoms with van der Waals surface area (Å²) in [6.07, 6.45) is -4.62. The third-order valence-corrected chi connectivity index (χ3v) is 6.56. The molecule has 1 saturated heterocycles. The van der Waals surface area contributed by atoms with Crippen molar-refractivity contribution < 1.29 is 36.2 Å². The summed E-state index contributed by atoms with van der Waals surface area (Å²) in [5.74, 6) is -1.46. The minimum absolute atomic E-state index is 0.0579. The molecule has 0 spiro atoms. The Morgan fingerprint density at radius 2 is 1.93 bits per heavy atom. The molecule has 164 valence electrons. The summed E-state index contributed by atoms with van der Waals surface area (Å²) in [6.45, 7) is 4.23. The average molecular weight is 437 g/mol. The summed E-state index contributed by atoms with van der Waals surface area (Å²) in [5, 5.41) is 8.98. The quantitative estimate of drug-likeness (QED) is 0.564. The van der Waals surface area contributed by atoms with Gasteiger partial charge in [0.25, 0.3) is 0 Å². The smallest absolute Gasteiger partial charge is 0.416 e. The first-order valence-corrected chi connectivity index (χ1v) is 10.8. The highest BCUT2D eigenvalue weighted by Gasteiger charge is 2.35. The van der Waals surface area contributed by atoms with Crippen molar-refractivity contribution in [1.29, 1.82) is 0 Å². The van der Waals surface area contributed by atoms with Crippen molar-refractivity contribution in [2.75, 3.05) is 20.2 Å². The Hall–Kier alpha value is -1.65. The zero-order valence-electron chi connectivity index (χ0n) is 16.6. The van der Waals surface area contributed by atoms with Gasteiger partial charge in [0.15, 0.2) is 0 Å². The minimum Gasteiger partial charge on any atom is -0.481 e. The highest BCUT2D eigenvalue weighted by molar-refractivity contribution is 7.89. The molecule has 1 fully saturated rings. The van der Waals surface area contributed by atoms with Crippen LogP contribution in [0.15, 0.2) is 23.1 Å². The molecule has 0 radical (unpaired) electrons. The average Bonchev–Trinajstić information content (AvgIpc) is 3.40. The summed E-state index contributed by atoms with van der Waals surface area (Å²) < 4.78 is 72.1. The number of hydrogen-bond donors (Lipinski definition) is 1. The largest absolute Gasteiger partial charge is 0.481 e. The lowest BCUT2D eigenvalue weighted by Gasteiger charge is -2.23. The van der Waals surface area contributed by atoms with Crippen molar-refractivity contribution in [1.82, 2.24) is 4.31 Å². The Kier molecular flexibility index (Phi) is 7.34. The lowest BCUT2D eigenvalue weighted by Crippen LogP contribution is -2.31. The van der Waals surface area contributed by atoms with Crippen LogP contribution >= 0.6 is 0 Å². The summed E-state index contributed by atoms with van der Waals surface area (Å²) in [7, 11) is -2.86. The number of ether oxygens (including phenoxy) is 1. The first kappa shape index (κ1) is 23.6. The van der Waals surface area contributed by atoms with Gasteiger partial charge in [0.2, 0.25) is 10.0 Å². The summed E-state index contributed by atoms with van der Waals surface area (Å²) in [6, 6.07) is 2.80. The van der Waals surface area contributed by atoms with Crippen LogP contribution in [0.3, 0.4) is 0 Å². The molecule has 29 heavy (non-hydrogen) atoms. The van der Waals surface area contributed by atoms with Gasteiger partial charge in [-0.05, 0) is 48.4 Å². The normalized spacial score (nSPS) is 18.3. The van der Waals surface area contributed by atoms with Crippen LogP contribution in [0.2, 0.25) is 0 Å². The summed E-state index contributed by atoms with van der Waals surface area (Å²) >= 11 is 0. The van der Waals surface area contributed by atoms with Crippen molar-refractivity contribution in [3.8, 4) is 0 Å². The number of halogens is 3. The Balaban J connectivity index is 2.49. The number of alkyl halides is 3. The van der Waals surface area contributed by atoms with Gasteiger partial charge in [0.05, 0.1) is 23.2 Å². The number of likely N-dealkylation sites (N-methyl/N-ethyl adjacent to an activating group) is 1. The Morgan fingerprint density at radius 1 is 1.31 bits per heavy atom. The van der Waals surface area contributed by atoms with Crippen molar-refractivity contribution in [2.45, 2.75) is 56.2 Å². The van der Waals surface area contributed by atoms with E-state index in [1.807, 2.05) is 13.8 Å². The van der Waals surface area contributed by atoms with Gasteiger partial charge in [0, 0.05) is 20.0 Å². The number of hydrogen-bond acceptors (Lipinski definition) is 4. The van der Waals surface area contributed by atoms with Crippen LogP contribution in [0.5, 0.6) is 0 Å². The van der Waals surface area contributed by atoms with E-state index in [0.29, 0.717) is 19.1 Å². The molecule has 1 aromatic carbocycles. The molecule has 0 amide bonds. The number of nitrogens with zero attached hydrogens (tertiary/aromatic N) is 1. The van der Waals surface area contributed by atoms with E-state index in [0.717, 1.165) is 10.4 Å². The highest BCUT2D eigenvalue weighted by atomic mass is 32.2. The van der Waals surface area contributed by atoms with E-state index in [4.69, 9.17) is 9.84 Å². The molecule has 1 unspecified atom stereocenters. The number of epoxide rings is 1. The van der Waals surface area contributed by atoms with Gasteiger partial charge in [-0.3, -0.25) is 4.79 Å². The van der Waals surface area contributed by atoms with Gasteiger partial charge in [0.1, 0.15) is 0 Å². The maximum Gasteiger partial charge on any atom is 0.416 e. The van der Waals surface area contributed by atoms with Crippen molar-refractivity contribution in [2.24, 2.45) is 5.92 Å². The van der Waals surface area contributed by atoms with E-state index >= 15 is 0 Å². The van der Waals surface area contributed by atoms with E-state index in [2.05, 4.69) is 0 Å². The van der Waals surface area contributed by atoms with Gasteiger partial charge in [-0.15, -0.1) is 0 Å². The molecule has 1 aliphatic heterocycles. The molecule has 2 rings (SSSR count). The van der Waals surface area contributed by atoms with Crippen molar-refractivity contribution in [3.05, 3.63) is 29.3 Å². The summed E-state index contributed by atoms with van der Waals surface area (Å²) in [5.41, 5.74) is -0.877. The van der Waals surface area contributed by atoms with Crippen molar-refractivity contribution >= 4 is 16.0 Å². The van der Waals surface area contributed by atoms with Crippen LogP contribution < -0.4 is 0 Å². The highest BCUT2D eigenvalue weighted by Crippen LogP contribution is 2.37. The lowest BCUT2D eigenvalue weighted by atomic mass is 9.86. The second kappa shape index (κ2) is 9.01. The molecule has 2 atom stereocenters. The van der Waals surface area contributed by atoms with Gasteiger partial charge >= 0.3 is 12.1 Å². The minimum atomic E-state index is -4.73. The number of rotatable bonds is 10. The predicted octanol–water partition coefficient (Wildman–Crippen LogP) is 3.72. The van der Waals surface area contributed by atoms with Crippen LogP contribution in [0.4, 0.5) is 13.2 Å². The third-order valence-electron chi connectivity index (χ3n) is 4.76. The van der Waals surface area contributed by atoms with Crippen molar-refractivity contribution in [3.63, 3.8) is 0 Å². The van der Waals surface area contributed by atoms with Gasteiger partial charge < -0.3 is 9.84 Å². The molecule has 1 aliphatic rings. The van der Waals surface area contributed by atoms with Gasteiger partial charge in [-0.2, -0.15) is 17.5 Å². The van der Waals surface area contributed by atoms with Crippen LogP contribution in [0.1, 0.15) is 50.2 Å². The van der Waals surface area contributed by atoms with Gasteiger partial charge in [-0.25, -0.2) is 8.42 Å². The van der Waals surface area contributed by atoms with Gasteiger partial charge in [-0.1, -0.05) is 13.8 Å². The second-order valence-electron chi connectivity index (χ2n) is 7.79. The van der Waals surface area contributed by atoms with E-state index in [1.165, 1.54) is 13.1 Å². The second-order valence-corrected chi connectivity index (χ2v) is 9.83. The van der Waals surface area contributed by atoms with E-state index in [9.17, 15) is 26.4 Å². The third kappa shape index (κ3) is 6.68. The molecular formula is C19H26F3NO5S. The molecule has 0 aromatic heterocycles. The number of sulfonamides is 1. The number of aliphatic carboxylic acids is 1. The van der Waals surface area contributed by atoms with Crippen LogP contribution in [-0.4, -0.2) is 50.1 Å². The van der Waals surface area contributed by atoms with Crippen LogP contribution in [-0.2, 0) is 25.7 Å². The summed E-state index contributed by atoms with van der Waals surface area (Å²) in [4.78, 5) is 10.5. The lowest BCUT2D eigenvalue weighted by molar-refractivity contribution is -0.138. The predicted molar refractivity (Wildman–Crippen MR) is 100 cm³/mol. The Morgan fingerprint density at radius 3 is 2.41 bits per heavy atom. The molecule has 0 aliphatic carbocycles. The molecule has 1 aromatic rings. The first-order chi connectivity index (χ1) is 13.3. The fraction of sp³-hybridized carbons (Fsp3) is 0.632. The Bertz CT molecular complexity index is 835. The topological polar surface area (TPSA) is 87.2 Å². The van der Waals surface area contributed by atoms with E-state index in [1.54, 1.807) is 0 Å². The maximum absolute atomic E-state index is 13.5. The van der Waals surface area contributed by atoms with Crippen LogP contribution in [0, 0.1) is 5.92 Å². The number of carbonyl (C=O) groups is 1. The number of carboxylic acid groups (broad SMARTS) is 1. The molecular weight excluding hydrogens is 411 g/mol. The standard InChI is InChI=1S/C19H26F3NO5S/c1-12(2)6-13(4-5-18(24)25)14-7-15(19(20,21)22)9-17(8-14)29(26,27)23(3)10-16-11-28-16/h7-9,12-13,16H,4-6,10-11H2,1-3H3,(H,24,25)/t13-,16?/m0/s1. The number of carboxylic acids is 1. The molecule has 6 nitrogen and oxygen atoms in total. The molecule has 0 bridgehead atoms. The first-order valence-electron chi connectivity index (χ1n) is 9.32. The maximum atomic E-state index is 13.5. The molecule has 1 N–H and O–H groups in total. The van der Waals surface area contributed by atoms with Crippen LogP contribution in [0.25, 0.3) is 0 Å². The zero-order valence-corrected chi connectivity index (χ0v) is 17.4. The molecule has 0 saturated carbocycles. The SMILES string of the molecule is CC(C)C[C@H](CCC(=O)O)c1cc(C(F)(F)F)cc(S(=O)(=O)N(C)CC2CO2)c1. The monoisotopic (exact) mass is 437 g/mol. The fourth-order valence-corrected chi connectivity index (χ4v) is 4.48. The number of benzene rings is 1. The molecule has 10 heteroatoms. The fourth-order valence-electron chi connectivity index (χ4n) is 3.20. The van der Waals surface area contributed by atoms with E-state index in [-0.39, 0.29) is 37.0 Å². The van der Waals surface area contributed by atoms with E-state index < -0.39 is 38.5 Å². The zero-order chi connectivity index (χ0) is 22.0. The Labute approximate surface area is 168 Å².